The summed E-state index contributed by atoms with van der Waals surface area (Å²) in [4.78, 5) is 20.8. The number of nitrogens with zero attached hydrogens (tertiary/aromatic N) is 3. The number of para-hydroxylation sites is 1. The minimum atomic E-state index is -0.313. The first-order chi connectivity index (χ1) is 13.1. The number of aliphatic hydroxyl groups excluding tert-OH is 1. The van der Waals surface area contributed by atoms with Crippen LogP contribution in [0.5, 0.6) is 0 Å². The van der Waals surface area contributed by atoms with Crippen molar-refractivity contribution in [1.29, 1.82) is 0 Å². The van der Waals surface area contributed by atoms with Crippen LogP contribution in [0.3, 0.4) is 0 Å². The molecule has 6 nitrogen and oxygen atoms in total. The van der Waals surface area contributed by atoms with Gasteiger partial charge in [-0.2, -0.15) is 4.99 Å². The van der Waals surface area contributed by atoms with Crippen LogP contribution in [0.25, 0.3) is 0 Å². The van der Waals surface area contributed by atoms with Crippen LogP contribution >= 0.6 is 11.6 Å². The van der Waals surface area contributed by atoms with Gasteiger partial charge in [-0.3, -0.25) is 9.69 Å². The fourth-order valence-corrected chi connectivity index (χ4v) is 3.09. The number of nitrogens with one attached hydrogen (secondary N) is 1. The van der Waals surface area contributed by atoms with Crippen molar-refractivity contribution in [2.24, 2.45) is 4.99 Å². The average molecular weight is 381 g/mol. The zero-order valence-corrected chi connectivity index (χ0v) is 15.1. The third-order valence-corrected chi connectivity index (χ3v) is 4.62. The number of aliphatic imine (C=N–C) groups is 1. The van der Waals surface area contributed by atoms with E-state index in [1.165, 1.54) is 0 Å². The highest BCUT2D eigenvalue weighted by atomic mass is 35.5. The van der Waals surface area contributed by atoms with E-state index in [0.717, 1.165) is 11.3 Å². The molecule has 0 fully saturated rings. The Kier molecular flexibility index (Phi) is 4.77. The number of amides is 1. The number of hydrogen-bond donors (Lipinski definition) is 2. The molecule has 1 radical (unpaired) electrons. The molecule has 0 bridgehead atoms. The van der Waals surface area contributed by atoms with Crippen LogP contribution in [-0.2, 0) is 11.4 Å². The summed E-state index contributed by atoms with van der Waals surface area (Å²) in [6, 6.07) is 14.7. The van der Waals surface area contributed by atoms with Gasteiger partial charge in [0.2, 0.25) is 6.67 Å². The average Bonchev–Trinajstić information content (AvgIpc) is 3.13. The predicted octanol–water partition coefficient (Wildman–Crippen LogP) is 3.16. The highest BCUT2D eigenvalue weighted by Crippen LogP contribution is 2.24. The van der Waals surface area contributed by atoms with Crippen molar-refractivity contribution in [3.05, 3.63) is 83.3 Å². The number of halogens is 1. The van der Waals surface area contributed by atoms with Gasteiger partial charge < -0.3 is 10.4 Å². The zero-order chi connectivity index (χ0) is 18.8. The van der Waals surface area contributed by atoms with Gasteiger partial charge in [-0.1, -0.05) is 40.8 Å². The van der Waals surface area contributed by atoms with Gasteiger partial charge in [-0.05, 0) is 29.8 Å². The molecule has 135 valence electrons. The fourth-order valence-electron chi connectivity index (χ4n) is 2.90. The highest BCUT2D eigenvalue weighted by molar-refractivity contribution is 6.34. The quantitative estimate of drug-likeness (QED) is 0.800. The number of carbonyl (C=O) groups is 1. The first-order valence-corrected chi connectivity index (χ1v) is 8.79. The molecule has 0 aromatic heterocycles. The van der Waals surface area contributed by atoms with Crippen LogP contribution in [0, 0.1) is 0 Å². The molecule has 2 N–H and O–H groups in total. The minimum absolute atomic E-state index is 0.00587. The first-order valence-electron chi connectivity index (χ1n) is 8.42. The third-order valence-electron chi connectivity index (χ3n) is 4.30. The zero-order valence-electron chi connectivity index (χ0n) is 14.3. The van der Waals surface area contributed by atoms with E-state index in [1.54, 1.807) is 30.5 Å². The summed E-state index contributed by atoms with van der Waals surface area (Å²) in [5.74, 6) is 0.390. The van der Waals surface area contributed by atoms with Crippen LogP contribution in [0.4, 0.5) is 11.4 Å². The molecule has 7 heteroatoms. The minimum Gasteiger partial charge on any atom is -0.392 e. The van der Waals surface area contributed by atoms with E-state index < -0.39 is 0 Å². The topological polar surface area (TPSA) is 70.8 Å². The van der Waals surface area contributed by atoms with Gasteiger partial charge in [0.05, 0.1) is 17.3 Å². The Bertz CT molecular complexity index is 983. The number of anilines is 2. The molecular weight excluding hydrogens is 364 g/mol. The second kappa shape index (κ2) is 7.36. The Morgan fingerprint density at radius 3 is 2.93 bits per heavy atom. The van der Waals surface area contributed by atoms with Gasteiger partial charge in [0.15, 0.2) is 11.9 Å². The molecule has 1 amide bonds. The molecule has 2 aliphatic heterocycles. The Morgan fingerprint density at radius 2 is 2.11 bits per heavy atom. The molecule has 0 unspecified atom stereocenters. The SMILES string of the molecule is O=C(Nc1ccccc1Cl)C1=C[N+]2CN(c3cccc(CO)c3)C=CC2=N1. The van der Waals surface area contributed by atoms with Crippen molar-refractivity contribution in [3.63, 3.8) is 0 Å². The lowest BCUT2D eigenvalue weighted by molar-refractivity contribution is -0.112. The number of hydrogen-bond acceptors (Lipinski definition) is 5. The molecule has 2 heterocycles. The van der Waals surface area contributed by atoms with Gasteiger partial charge in [0, 0.05) is 18.0 Å². The Balaban J connectivity index is 1.50. The second-order valence-corrected chi connectivity index (χ2v) is 6.55. The summed E-state index contributed by atoms with van der Waals surface area (Å²) in [5, 5.41) is 12.6. The standard InChI is InChI=1S/C20H17ClN4O2/c21-16-6-1-2-7-17(16)23-20(27)18-11-25-13-24(9-8-19(25)22-18)15-5-3-4-14(10-15)12-26/h1-11,26H,12-13H2,(H,23,27)/q+1. The number of benzene rings is 2. The number of carbonyl (C=O) groups excluding carboxylic acids is 1. The first kappa shape index (κ1) is 17.5. The molecule has 0 saturated carbocycles. The van der Waals surface area contributed by atoms with Crippen molar-refractivity contribution in [2.75, 3.05) is 16.9 Å². The predicted molar refractivity (Wildman–Crippen MR) is 107 cm³/mol. The normalized spacial score (nSPS) is 16.0. The molecule has 0 aliphatic carbocycles. The molecule has 0 atom stereocenters. The molecule has 4 rings (SSSR count). The monoisotopic (exact) mass is 380 g/mol. The summed E-state index contributed by atoms with van der Waals surface area (Å²) in [7, 11) is 0. The van der Waals surface area contributed by atoms with E-state index in [-0.39, 0.29) is 12.5 Å². The third kappa shape index (κ3) is 3.64. The van der Waals surface area contributed by atoms with Gasteiger partial charge in [-0.25, -0.2) is 0 Å². The number of amidine groups is 1. The van der Waals surface area contributed by atoms with Crippen LogP contribution in [-0.4, -0.2) is 23.5 Å². The lowest BCUT2D eigenvalue weighted by atomic mass is 10.2. The molecule has 2 aromatic rings. The van der Waals surface area contributed by atoms with Crippen molar-refractivity contribution in [3.8, 4) is 0 Å². The number of rotatable bonds is 4. The summed E-state index contributed by atoms with van der Waals surface area (Å²) >= 11 is 6.09. The lowest BCUT2D eigenvalue weighted by Crippen LogP contribution is -2.41. The van der Waals surface area contributed by atoms with Gasteiger partial charge >= 0.3 is 0 Å². The maximum atomic E-state index is 12.5. The maximum Gasteiger partial charge on any atom is 0.285 e. The largest absolute Gasteiger partial charge is 0.392 e. The summed E-state index contributed by atoms with van der Waals surface area (Å²) in [6.07, 6.45) is 5.48. The maximum absolute atomic E-state index is 12.5. The molecular formula is C20H17ClN4O2+. The van der Waals surface area contributed by atoms with Crippen LogP contribution < -0.4 is 15.1 Å². The van der Waals surface area contributed by atoms with Crippen LogP contribution in [0.2, 0.25) is 5.02 Å². The molecule has 2 aromatic carbocycles. The van der Waals surface area contributed by atoms with E-state index in [2.05, 4.69) is 10.3 Å². The van der Waals surface area contributed by atoms with E-state index in [9.17, 15) is 9.90 Å². The van der Waals surface area contributed by atoms with Gasteiger partial charge in [-0.15, -0.1) is 0 Å². The summed E-state index contributed by atoms with van der Waals surface area (Å²) < 4.78 is 0. The molecule has 0 spiro atoms. The summed E-state index contributed by atoms with van der Waals surface area (Å²) in [5.41, 5.74) is 2.67. The molecule has 2 aliphatic rings. The van der Waals surface area contributed by atoms with E-state index in [4.69, 9.17) is 11.6 Å². The lowest BCUT2D eigenvalue weighted by Gasteiger charge is -2.22. The fraction of sp³-hybridized carbons (Fsp3) is 0.100. The van der Waals surface area contributed by atoms with Crippen molar-refractivity contribution < 1.29 is 9.90 Å². The van der Waals surface area contributed by atoms with E-state index >= 15 is 0 Å². The van der Waals surface area contributed by atoms with Crippen molar-refractivity contribution in [2.45, 2.75) is 6.61 Å². The summed E-state index contributed by atoms with van der Waals surface area (Å²) in [6.45, 7) is 0.515. The highest BCUT2D eigenvalue weighted by Gasteiger charge is 2.35. The van der Waals surface area contributed by atoms with E-state index in [1.807, 2.05) is 46.3 Å². The Labute approximate surface area is 161 Å². The molecule has 27 heavy (non-hydrogen) atoms. The van der Waals surface area contributed by atoms with Gasteiger partial charge in [0.1, 0.15) is 0 Å². The Morgan fingerprint density at radius 1 is 1.26 bits per heavy atom. The number of aliphatic hydroxyl groups is 1. The van der Waals surface area contributed by atoms with Crippen molar-refractivity contribution >= 4 is 34.7 Å². The van der Waals surface area contributed by atoms with E-state index in [0.29, 0.717) is 28.9 Å². The van der Waals surface area contributed by atoms with Gasteiger partial charge in [0.25, 0.3) is 11.7 Å². The van der Waals surface area contributed by atoms with Crippen molar-refractivity contribution in [1.82, 2.24) is 4.90 Å². The molecule has 0 saturated heterocycles. The smallest absolute Gasteiger partial charge is 0.285 e. The number of fused-ring (bicyclic) bond motifs is 1. The van der Waals surface area contributed by atoms with Crippen LogP contribution in [0.1, 0.15) is 5.56 Å². The Hall–Kier alpha value is -2.93. The van der Waals surface area contributed by atoms with Crippen LogP contribution in [0.15, 0.2) is 77.7 Å². The second-order valence-electron chi connectivity index (χ2n) is 6.14.